The molecule has 0 amide bonds. The van der Waals surface area contributed by atoms with Crippen LogP contribution in [0.3, 0.4) is 0 Å². The van der Waals surface area contributed by atoms with E-state index in [-0.39, 0.29) is 24.2 Å². The van der Waals surface area contributed by atoms with Crippen LogP contribution < -0.4 is 4.74 Å². The number of hydrogen-bond acceptors (Lipinski definition) is 7. The van der Waals surface area contributed by atoms with Crippen molar-refractivity contribution in [3.8, 4) is 5.88 Å². The molecule has 43 heavy (non-hydrogen) atoms. The zero-order valence-corrected chi connectivity index (χ0v) is 24.1. The summed E-state index contributed by atoms with van der Waals surface area (Å²) in [6, 6.07) is 13.2. The van der Waals surface area contributed by atoms with Gasteiger partial charge >= 0.3 is 5.97 Å². The lowest BCUT2D eigenvalue weighted by Crippen LogP contribution is -2.35. The molecule has 2 aliphatic rings. The molecule has 222 valence electrons. The molecule has 3 aromatic heterocycles. The van der Waals surface area contributed by atoms with E-state index < -0.39 is 12.0 Å². The van der Waals surface area contributed by atoms with Crippen LogP contribution in [0, 0.1) is 6.01 Å². The Hall–Kier alpha value is -3.99. The van der Waals surface area contributed by atoms with Crippen LogP contribution in [0.1, 0.15) is 52.5 Å². The molecule has 2 fully saturated rings. The Morgan fingerprint density at radius 2 is 1.98 bits per heavy atom. The number of fused-ring (bicyclic) bond motifs is 2. The zero-order chi connectivity index (χ0) is 29.5. The first-order valence-electron chi connectivity index (χ1n) is 14.4. The highest BCUT2D eigenvalue weighted by molar-refractivity contribution is 6.35. The third-order valence-electron chi connectivity index (χ3n) is 8.49. The second kappa shape index (κ2) is 11.6. The number of benzene rings is 2. The number of piperidine rings is 1. The maximum atomic E-state index is 13.8. The number of carboxylic acids is 1. The van der Waals surface area contributed by atoms with Crippen LogP contribution in [-0.2, 0) is 24.4 Å². The van der Waals surface area contributed by atoms with Gasteiger partial charge < -0.3 is 23.6 Å². The number of hydrogen-bond donors (Lipinski definition) is 1. The lowest BCUT2D eigenvalue weighted by Gasteiger charge is -2.33. The first-order chi connectivity index (χ1) is 20.9. The maximum Gasteiger partial charge on any atom is 0.335 e. The van der Waals surface area contributed by atoms with Crippen LogP contribution in [0.2, 0.25) is 5.02 Å². The highest BCUT2D eigenvalue weighted by Crippen LogP contribution is 2.35. The molecule has 0 unspecified atom stereocenters. The van der Waals surface area contributed by atoms with Crippen molar-refractivity contribution < 1.29 is 28.2 Å². The van der Waals surface area contributed by atoms with E-state index in [1.54, 1.807) is 36.5 Å². The normalized spacial score (nSPS) is 17.9. The molecule has 2 saturated heterocycles. The van der Waals surface area contributed by atoms with Crippen molar-refractivity contribution in [1.82, 2.24) is 19.4 Å². The number of furan rings is 1. The van der Waals surface area contributed by atoms with Gasteiger partial charge in [0.05, 0.1) is 40.8 Å². The summed E-state index contributed by atoms with van der Waals surface area (Å²) in [5.74, 6) is 0.799. The molecule has 0 saturated carbocycles. The van der Waals surface area contributed by atoms with E-state index in [0.29, 0.717) is 40.5 Å². The van der Waals surface area contributed by atoms with Gasteiger partial charge in [0.25, 0.3) is 6.01 Å². The molecule has 1 N–H and O–H groups in total. The fourth-order valence-electron chi connectivity index (χ4n) is 6.07. The topological polar surface area (TPSA) is 103 Å². The van der Waals surface area contributed by atoms with Gasteiger partial charge in [-0.25, -0.2) is 14.8 Å². The molecule has 11 heteroatoms. The number of carbonyl (C=O) groups is 1. The quantitative estimate of drug-likeness (QED) is 0.206. The first-order valence-corrected chi connectivity index (χ1v) is 14.8. The monoisotopic (exact) mass is 604 g/mol. The van der Waals surface area contributed by atoms with Crippen LogP contribution in [0.4, 0.5) is 4.39 Å². The fourth-order valence-corrected chi connectivity index (χ4v) is 6.28. The van der Waals surface area contributed by atoms with Crippen LogP contribution >= 0.6 is 11.6 Å². The molecule has 0 radical (unpaired) electrons. The minimum absolute atomic E-state index is 0.121. The van der Waals surface area contributed by atoms with Gasteiger partial charge in [-0.3, -0.25) is 4.90 Å². The SMILES string of the molecule is O=C(O)c1ccc2nc(CN3CCC(c4cccnc4OCc4ccc(Cl)c5cc(F)oc45)CC3)n(C[C@@H]3CCO3)c2c1. The molecule has 5 heterocycles. The average Bonchev–Trinajstić information content (AvgIpc) is 3.55. The highest BCUT2D eigenvalue weighted by Gasteiger charge is 2.27. The van der Waals surface area contributed by atoms with Gasteiger partial charge in [0.1, 0.15) is 18.0 Å². The maximum absolute atomic E-state index is 13.8. The molecule has 0 bridgehead atoms. The van der Waals surface area contributed by atoms with Gasteiger partial charge in [0.15, 0.2) is 0 Å². The Morgan fingerprint density at radius 3 is 2.74 bits per heavy atom. The predicted octanol–water partition coefficient (Wildman–Crippen LogP) is 6.42. The molecule has 7 rings (SSSR count). The first kappa shape index (κ1) is 27.8. The fraction of sp³-hybridized carbons (Fsp3) is 0.344. The van der Waals surface area contributed by atoms with Crippen LogP contribution in [0.25, 0.3) is 22.0 Å². The van der Waals surface area contributed by atoms with Crippen LogP contribution in [0.5, 0.6) is 5.88 Å². The van der Waals surface area contributed by atoms with E-state index in [4.69, 9.17) is 30.5 Å². The molecule has 0 aliphatic carbocycles. The Morgan fingerprint density at radius 1 is 1.14 bits per heavy atom. The molecular formula is C32H30ClFN4O5. The van der Waals surface area contributed by atoms with Crippen molar-refractivity contribution >= 4 is 39.6 Å². The molecule has 2 aliphatic heterocycles. The summed E-state index contributed by atoms with van der Waals surface area (Å²) in [5, 5.41) is 10.5. The summed E-state index contributed by atoms with van der Waals surface area (Å²) in [6.07, 6.45) is 4.66. The molecule has 0 spiro atoms. The number of aromatic nitrogens is 3. The van der Waals surface area contributed by atoms with Gasteiger partial charge in [-0.15, -0.1) is 0 Å². The Bertz CT molecular complexity index is 1810. The summed E-state index contributed by atoms with van der Waals surface area (Å²) in [5.41, 5.74) is 4.00. The lowest BCUT2D eigenvalue weighted by molar-refractivity contribution is -0.0592. The van der Waals surface area contributed by atoms with E-state index in [2.05, 4.69) is 20.5 Å². The van der Waals surface area contributed by atoms with Crippen molar-refractivity contribution in [2.45, 2.75) is 51.0 Å². The van der Waals surface area contributed by atoms with Crippen molar-refractivity contribution in [3.63, 3.8) is 0 Å². The predicted molar refractivity (Wildman–Crippen MR) is 158 cm³/mol. The van der Waals surface area contributed by atoms with E-state index >= 15 is 0 Å². The van der Waals surface area contributed by atoms with E-state index in [9.17, 15) is 14.3 Å². The van der Waals surface area contributed by atoms with Crippen molar-refractivity contribution in [2.24, 2.45) is 0 Å². The molecule has 2 aromatic carbocycles. The second-order valence-corrected chi connectivity index (χ2v) is 11.6. The Balaban J connectivity index is 1.05. The van der Waals surface area contributed by atoms with Gasteiger partial charge in [-0.05, 0) is 68.6 Å². The van der Waals surface area contributed by atoms with Gasteiger partial charge in [-0.1, -0.05) is 23.7 Å². The number of ether oxygens (including phenoxy) is 2. The number of aromatic carboxylic acids is 1. The smallest absolute Gasteiger partial charge is 0.335 e. The molecule has 9 nitrogen and oxygen atoms in total. The summed E-state index contributed by atoms with van der Waals surface area (Å²) >= 11 is 6.21. The standard InChI is InChI=1S/C32H30ClFN4O5/c33-25-5-3-21(30-24(25)15-28(34)43-30)18-42-31-23(2-1-10-35-31)19-7-11-37(12-8-19)17-29-36-26-6-4-20(32(39)40)14-27(26)38(29)16-22-9-13-41-22/h1-6,10,14-15,19,22H,7-9,11-13,16-18H2,(H,39,40)/t22-/m0/s1. The van der Waals surface area contributed by atoms with Gasteiger partial charge in [0.2, 0.25) is 5.88 Å². The number of imidazole rings is 1. The van der Waals surface area contributed by atoms with Crippen molar-refractivity contribution in [2.75, 3.05) is 19.7 Å². The minimum atomic E-state index is -0.951. The zero-order valence-electron chi connectivity index (χ0n) is 23.3. The summed E-state index contributed by atoms with van der Waals surface area (Å²) in [6.45, 7) is 3.99. The van der Waals surface area contributed by atoms with Gasteiger partial charge in [0, 0.05) is 35.4 Å². The summed E-state index contributed by atoms with van der Waals surface area (Å²) in [4.78, 5) is 23.4. The summed E-state index contributed by atoms with van der Waals surface area (Å²) in [7, 11) is 0. The van der Waals surface area contributed by atoms with Crippen LogP contribution in [-0.4, -0.2) is 56.3 Å². The lowest BCUT2D eigenvalue weighted by atomic mass is 9.90. The Kier molecular flexibility index (Phi) is 7.50. The van der Waals surface area contributed by atoms with Crippen molar-refractivity contribution in [3.05, 3.63) is 88.3 Å². The molecule has 1 atom stereocenters. The number of rotatable bonds is 9. The van der Waals surface area contributed by atoms with E-state index in [0.717, 1.165) is 61.4 Å². The highest BCUT2D eigenvalue weighted by atomic mass is 35.5. The minimum Gasteiger partial charge on any atom is -0.478 e. The van der Waals surface area contributed by atoms with E-state index in [1.807, 2.05) is 6.07 Å². The second-order valence-electron chi connectivity index (χ2n) is 11.2. The molecular weight excluding hydrogens is 575 g/mol. The number of likely N-dealkylation sites (tertiary alicyclic amines) is 1. The van der Waals surface area contributed by atoms with Crippen LogP contribution in [0.15, 0.2) is 59.1 Å². The largest absolute Gasteiger partial charge is 0.478 e. The third-order valence-corrected chi connectivity index (χ3v) is 8.82. The van der Waals surface area contributed by atoms with E-state index in [1.165, 1.54) is 6.07 Å². The van der Waals surface area contributed by atoms with Crippen molar-refractivity contribution in [1.29, 1.82) is 0 Å². The Labute approximate surface area is 251 Å². The number of carboxylic acid groups (broad SMARTS) is 1. The summed E-state index contributed by atoms with van der Waals surface area (Å²) < 4.78 is 33.1. The van der Waals surface area contributed by atoms with Gasteiger partial charge in [-0.2, -0.15) is 4.39 Å². The molecule has 5 aromatic rings. The average molecular weight is 605 g/mol. The number of pyridine rings is 1. The third kappa shape index (κ3) is 5.58. The number of halogens is 2. The number of nitrogens with zero attached hydrogens (tertiary/aromatic N) is 4.